The van der Waals surface area contributed by atoms with E-state index in [9.17, 15) is 18.0 Å². The van der Waals surface area contributed by atoms with Gasteiger partial charge < -0.3 is 10.2 Å². The third kappa shape index (κ3) is 3.55. The Morgan fingerprint density at radius 2 is 2.03 bits per heavy atom. The van der Waals surface area contributed by atoms with E-state index in [1.807, 2.05) is 11.8 Å². The Morgan fingerprint density at radius 3 is 2.72 bits per heavy atom. The first-order valence-electron chi connectivity index (χ1n) is 10.1. The summed E-state index contributed by atoms with van der Waals surface area (Å²) < 4.78 is 39.6. The van der Waals surface area contributed by atoms with E-state index in [4.69, 9.17) is 0 Å². The van der Waals surface area contributed by atoms with Crippen molar-refractivity contribution in [1.82, 2.24) is 34.8 Å². The summed E-state index contributed by atoms with van der Waals surface area (Å²) in [7, 11) is 0. The van der Waals surface area contributed by atoms with Crippen molar-refractivity contribution in [3.8, 4) is 5.82 Å². The Labute approximate surface area is 180 Å². The number of nitrogens with one attached hydrogen (secondary N) is 1. The van der Waals surface area contributed by atoms with E-state index in [0.29, 0.717) is 24.0 Å². The van der Waals surface area contributed by atoms with Crippen LogP contribution in [0.15, 0.2) is 36.9 Å². The van der Waals surface area contributed by atoms with E-state index >= 15 is 0 Å². The SMILES string of the molecule is Cc1ccc(C(=O)N2C3CCC2C(Nc2cnc(C(F)(F)F)cn2)C3)c(-n2ccnn2)n1. The molecule has 1 N–H and O–H groups in total. The molecule has 3 atom stereocenters. The van der Waals surface area contributed by atoms with Gasteiger partial charge in [-0.3, -0.25) is 4.79 Å². The summed E-state index contributed by atoms with van der Waals surface area (Å²) in [4.78, 5) is 27.2. The van der Waals surface area contributed by atoms with Gasteiger partial charge in [0.2, 0.25) is 0 Å². The van der Waals surface area contributed by atoms with Crippen LogP contribution in [0.1, 0.15) is 41.0 Å². The highest BCUT2D eigenvalue weighted by Crippen LogP contribution is 2.40. The first-order valence-corrected chi connectivity index (χ1v) is 10.1. The maximum Gasteiger partial charge on any atom is 0.434 e. The van der Waals surface area contributed by atoms with Gasteiger partial charge in [-0.05, 0) is 38.3 Å². The van der Waals surface area contributed by atoms with Crippen molar-refractivity contribution >= 4 is 11.7 Å². The maximum atomic E-state index is 13.5. The second-order valence-electron chi connectivity index (χ2n) is 7.95. The molecule has 2 bridgehead atoms. The number of nitrogens with zero attached hydrogens (tertiary/aromatic N) is 7. The highest BCUT2D eigenvalue weighted by Gasteiger charge is 2.49. The van der Waals surface area contributed by atoms with E-state index in [-0.39, 0.29) is 29.9 Å². The Bertz CT molecular complexity index is 1130. The first-order chi connectivity index (χ1) is 15.3. The predicted octanol–water partition coefficient (Wildman–Crippen LogP) is 2.64. The van der Waals surface area contributed by atoms with Gasteiger partial charge in [-0.1, -0.05) is 5.21 Å². The highest BCUT2D eigenvalue weighted by molar-refractivity contribution is 5.98. The molecule has 3 unspecified atom stereocenters. The number of carbonyl (C=O) groups is 1. The number of aromatic nitrogens is 6. The molecule has 3 aromatic heterocycles. The summed E-state index contributed by atoms with van der Waals surface area (Å²) in [6.07, 6.45) is 2.73. The van der Waals surface area contributed by atoms with Gasteiger partial charge in [0.1, 0.15) is 5.82 Å². The van der Waals surface area contributed by atoms with Crippen LogP contribution in [0.5, 0.6) is 0 Å². The van der Waals surface area contributed by atoms with E-state index in [1.54, 1.807) is 18.3 Å². The van der Waals surface area contributed by atoms with Gasteiger partial charge in [0.25, 0.3) is 5.91 Å². The molecule has 0 aromatic carbocycles. The number of pyridine rings is 1. The van der Waals surface area contributed by atoms with E-state index in [0.717, 1.165) is 24.7 Å². The van der Waals surface area contributed by atoms with Crippen LogP contribution in [0.3, 0.4) is 0 Å². The normalized spacial score (nSPS) is 22.4. The van der Waals surface area contributed by atoms with Crippen LogP contribution < -0.4 is 5.32 Å². The van der Waals surface area contributed by atoms with Crippen LogP contribution in [-0.2, 0) is 6.18 Å². The van der Waals surface area contributed by atoms with Crippen molar-refractivity contribution in [1.29, 1.82) is 0 Å². The minimum absolute atomic E-state index is 0.0253. The van der Waals surface area contributed by atoms with Crippen molar-refractivity contribution < 1.29 is 18.0 Å². The van der Waals surface area contributed by atoms with Crippen LogP contribution in [0.2, 0.25) is 0 Å². The van der Waals surface area contributed by atoms with Crippen molar-refractivity contribution in [2.75, 3.05) is 5.32 Å². The van der Waals surface area contributed by atoms with E-state index in [2.05, 4.69) is 30.6 Å². The summed E-state index contributed by atoms with van der Waals surface area (Å²) >= 11 is 0. The monoisotopic (exact) mass is 444 g/mol. The topological polar surface area (TPSA) is 102 Å². The highest BCUT2D eigenvalue weighted by atomic mass is 19.4. The Morgan fingerprint density at radius 1 is 1.19 bits per heavy atom. The number of anilines is 1. The van der Waals surface area contributed by atoms with E-state index < -0.39 is 11.9 Å². The average Bonchev–Trinajstić information content (AvgIpc) is 3.49. The van der Waals surface area contributed by atoms with Gasteiger partial charge in [-0.25, -0.2) is 19.6 Å². The predicted molar refractivity (Wildman–Crippen MR) is 106 cm³/mol. The molecule has 5 rings (SSSR count). The number of halogens is 3. The second kappa shape index (κ2) is 7.53. The fraction of sp³-hybridized carbons (Fsp3) is 0.400. The molecule has 0 aliphatic carbocycles. The summed E-state index contributed by atoms with van der Waals surface area (Å²) in [6.45, 7) is 1.83. The quantitative estimate of drug-likeness (QED) is 0.660. The van der Waals surface area contributed by atoms with Crippen LogP contribution in [-0.4, -0.2) is 58.9 Å². The van der Waals surface area contributed by atoms with Crippen molar-refractivity contribution in [2.24, 2.45) is 0 Å². The number of amides is 1. The van der Waals surface area contributed by atoms with Crippen LogP contribution in [0.4, 0.5) is 19.0 Å². The first kappa shape index (κ1) is 20.3. The van der Waals surface area contributed by atoms with Crippen molar-refractivity contribution in [2.45, 2.75) is 50.5 Å². The van der Waals surface area contributed by atoms with Crippen LogP contribution in [0.25, 0.3) is 5.82 Å². The molecule has 2 saturated heterocycles. The lowest BCUT2D eigenvalue weighted by Gasteiger charge is -2.26. The largest absolute Gasteiger partial charge is 0.434 e. The average molecular weight is 444 g/mol. The Kier molecular flexibility index (Phi) is 4.79. The molecule has 2 aliphatic heterocycles. The van der Waals surface area contributed by atoms with Gasteiger partial charge in [0.05, 0.1) is 42.4 Å². The summed E-state index contributed by atoms with van der Waals surface area (Å²) in [5, 5.41) is 10.9. The Hall–Kier alpha value is -3.57. The summed E-state index contributed by atoms with van der Waals surface area (Å²) in [5.41, 5.74) is 0.130. The van der Waals surface area contributed by atoms with Gasteiger partial charge >= 0.3 is 6.18 Å². The van der Waals surface area contributed by atoms with Crippen LogP contribution in [0, 0.1) is 6.92 Å². The lowest BCUT2D eigenvalue weighted by molar-refractivity contribution is -0.141. The van der Waals surface area contributed by atoms with Gasteiger partial charge in [0.15, 0.2) is 11.5 Å². The molecule has 2 fully saturated rings. The molecule has 9 nitrogen and oxygen atoms in total. The fourth-order valence-electron chi connectivity index (χ4n) is 4.54. The number of rotatable bonds is 4. The fourth-order valence-corrected chi connectivity index (χ4v) is 4.54. The van der Waals surface area contributed by atoms with Crippen molar-refractivity contribution in [3.05, 3.63) is 53.9 Å². The Balaban J connectivity index is 1.37. The van der Waals surface area contributed by atoms with Crippen LogP contribution >= 0.6 is 0 Å². The molecular weight excluding hydrogens is 425 g/mol. The van der Waals surface area contributed by atoms with Gasteiger partial charge in [-0.15, -0.1) is 5.10 Å². The molecule has 0 saturated carbocycles. The zero-order chi connectivity index (χ0) is 22.5. The zero-order valence-electron chi connectivity index (χ0n) is 17.0. The van der Waals surface area contributed by atoms with Gasteiger partial charge in [0, 0.05) is 11.7 Å². The summed E-state index contributed by atoms with van der Waals surface area (Å²) in [5.74, 6) is 0.512. The van der Waals surface area contributed by atoms with E-state index in [1.165, 1.54) is 10.9 Å². The number of hydrogen-bond donors (Lipinski definition) is 1. The molecule has 0 radical (unpaired) electrons. The molecule has 0 spiro atoms. The third-order valence-electron chi connectivity index (χ3n) is 5.93. The maximum absolute atomic E-state index is 13.5. The standard InChI is InChI=1S/C20H19F3N8O/c1-11-2-4-13(18(27-11)30-7-6-26-29-30)19(32)31-12-3-5-15(31)14(8-12)28-17-10-24-16(9-25-17)20(21,22)23/h2,4,6-7,9-10,12,14-15H,3,5,8H2,1H3,(H,25,28). The molecule has 12 heteroatoms. The molecular formula is C20H19F3N8O. The third-order valence-corrected chi connectivity index (χ3v) is 5.93. The molecule has 2 aliphatic rings. The minimum Gasteiger partial charge on any atom is -0.364 e. The number of alkyl halides is 3. The summed E-state index contributed by atoms with van der Waals surface area (Å²) in [6, 6.07) is 3.30. The molecule has 32 heavy (non-hydrogen) atoms. The van der Waals surface area contributed by atoms with Gasteiger partial charge in [-0.2, -0.15) is 13.2 Å². The number of fused-ring (bicyclic) bond motifs is 2. The molecule has 5 heterocycles. The number of hydrogen-bond acceptors (Lipinski definition) is 7. The molecule has 166 valence electrons. The molecule has 1 amide bonds. The lowest BCUT2D eigenvalue weighted by Crippen LogP contribution is -2.40. The smallest absolute Gasteiger partial charge is 0.364 e. The number of aryl methyl sites for hydroxylation is 1. The van der Waals surface area contributed by atoms with Crippen molar-refractivity contribution in [3.63, 3.8) is 0 Å². The molecule has 3 aromatic rings. The second-order valence-corrected chi connectivity index (χ2v) is 7.95. The lowest BCUT2D eigenvalue weighted by atomic mass is 9.95. The minimum atomic E-state index is -4.54. The zero-order valence-corrected chi connectivity index (χ0v) is 17.0. The number of carbonyl (C=O) groups excluding carboxylic acids is 1.